The van der Waals surface area contributed by atoms with Crippen LogP contribution in [0.1, 0.15) is 37.9 Å². The van der Waals surface area contributed by atoms with Gasteiger partial charge in [0.15, 0.2) is 0 Å². The molecule has 1 aromatic carbocycles. The average molecular weight is 427 g/mol. The van der Waals surface area contributed by atoms with Crippen LogP contribution in [0.3, 0.4) is 0 Å². The molecule has 0 N–H and O–H groups in total. The molecule has 3 aromatic rings. The third-order valence-corrected chi connectivity index (χ3v) is 6.23. The van der Waals surface area contributed by atoms with Crippen molar-refractivity contribution in [2.45, 2.75) is 46.1 Å². The van der Waals surface area contributed by atoms with Crippen LogP contribution in [0.4, 0.5) is 0 Å². The maximum Gasteiger partial charge on any atom is 0.337 e. The molecule has 30 heavy (non-hydrogen) atoms. The molecule has 0 saturated carbocycles. The van der Waals surface area contributed by atoms with E-state index in [2.05, 4.69) is 18.7 Å². The third-order valence-electron chi connectivity index (χ3n) is 5.99. The Morgan fingerprint density at radius 3 is 2.60 bits per heavy atom. The van der Waals surface area contributed by atoms with E-state index in [4.69, 9.17) is 16.6 Å². The zero-order chi connectivity index (χ0) is 21.3. The molecule has 1 aliphatic carbocycles. The summed E-state index contributed by atoms with van der Waals surface area (Å²) in [5.41, 5.74) is 2.41. The lowest BCUT2D eigenvalue weighted by Crippen LogP contribution is -2.41. The summed E-state index contributed by atoms with van der Waals surface area (Å²) >= 11 is 6.15. The summed E-state index contributed by atoms with van der Waals surface area (Å²) in [5.74, 6) is 0. The van der Waals surface area contributed by atoms with E-state index in [-0.39, 0.29) is 11.2 Å². The lowest BCUT2D eigenvalue weighted by atomic mass is 9.95. The minimum absolute atomic E-state index is 0.336. The molecule has 0 radical (unpaired) electrons. The Hall–Kier alpha value is -2.44. The molecule has 158 valence electrons. The maximum atomic E-state index is 13.5. The summed E-state index contributed by atoms with van der Waals surface area (Å²) in [6, 6.07) is 8.82. The van der Waals surface area contributed by atoms with Gasteiger partial charge in [-0.15, -0.1) is 0 Å². The predicted molar refractivity (Wildman–Crippen MR) is 121 cm³/mol. The van der Waals surface area contributed by atoms with Gasteiger partial charge in [-0.1, -0.05) is 31.5 Å². The van der Waals surface area contributed by atoms with E-state index >= 15 is 0 Å². The van der Waals surface area contributed by atoms with Crippen molar-refractivity contribution in [3.63, 3.8) is 0 Å². The number of rotatable bonds is 6. The van der Waals surface area contributed by atoms with Gasteiger partial charge in [-0.2, -0.15) is 0 Å². The second-order valence-electron chi connectivity index (χ2n) is 7.75. The zero-order valence-corrected chi connectivity index (χ0v) is 18.3. The highest BCUT2D eigenvalue weighted by Gasteiger charge is 2.20. The molecular weight excluding hydrogens is 400 g/mol. The van der Waals surface area contributed by atoms with Gasteiger partial charge in [-0.3, -0.25) is 9.36 Å². The summed E-state index contributed by atoms with van der Waals surface area (Å²) < 4.78 is 2.89. The molecule has 0 unspecified atom stereocenters. The predicted octanol–water partition coefficient (Wildman–Crippen LogP) is 3.42. The number of hydrogen-bond acceptors (Lipinski definition) is 4. The smallest absolute Gasteiger partial charge is 0.302 e. The van der Waals surface area contributed by atoms with Gasteiger partial charge in [0.25, 0.3) is 5.56 Å². The van der Waals surface area contributed by atoms with Crippen LogP contribution in [0, 0.1) is 0 Å². The first-order valence-corrected chi connectivity index (χ1v) is 11.1. The van der Waals surface area contributed by atoms with Gasteiger partial charge in [0, 0.05) is 23.8 Å². The van der Waals surface area contributed by atoms with E-state index in [1.54, 1.807) is 28.8 Å². The minimum Gasteiger partial charge on any atom is -0.302 e. The van der Waals surface area contributed by atoms with E-state index in [9.17, 15) is 9.59 Å². The van der Waals surface area contributed by atoms with E-state index in [1.165, 1.54) is 4.57 Å². The van der Waals surface area contributed by atoms with Gasteiger partial charge in [0.05, 0.1) is 11.1 Å². The van der Waals surface area contributed by atoms with E-state index in [0.29, 0.717) is 34.8 Å². The maximum absolute atomic E-state index is 13.5. The highest BCUT2D eigenvalue weighted by atomic mass is 35.5. The Kier molecular flexibility index (Phi) is 6.06. The molecule has 0 fully saturated rings. The monoisotopic (exact) mass is 426 g/mol. The van der Waals surface area contributed by atoms with Crippen molar-refractivity contribution in [3.8, 4) is 5.69 Å². The molecule has 0 saturated heterocycles. The quantitative estimate of drug-likeness (QED) is 0.606. The summed E-state index contributed by atoms with van der Waals surface area (Å²) in [6.07, 6.45) is 4.01. The Labute approximate surface area is 180 Å². The topological polar surface area (TPSA) is 60.1 Å². The van der Waals surface area contributed by atoms with Crippen LogP contribution in [0.15, 0.2) is 39.9 Å². The molecule has 1 aliphatic rings. The molecule has 0 amide bonds. The zero-order valence-electron chi connectivity index (χ0n) is 17.5. The number of aromatic nitrogens is 3. The fourth-order valence-electron chi connectivity index (χ4n) is 4.23. The Morgan fingerprint density at radius 1 is 1.10 bits per heavy atom. The fraction of sp³-hybridized carbons (Fsp3) is 0.435. The van der Waals surface area contributed by atoms with Crippen molar-refractivity contribution in [2.24, 2.45) is 0 Å². The molecule has 7 heteroatoms. The first-order valence-electron chi connectivity index (χ1n) is 10.7. The van der Waals surface area contributed by atoms with Gasteiger partial charge in [-0.05, 0) is 68.6 Å². The van der Waals surface area contributed by atoms with Crippen molar-refractivity contribution >= 4 is 22.6 Å². The van der Waals surface area contributed by atoms with Crippen molar-refractivity contribution in [1.29, 1.82) is 0 Å². The molecule has 2 aromatic heterocycles. The second-order valence-corrected chi connectivity index (χ2v) is 8.19. The summed E-state index contributed by atoms with van der Waals surface area (Å²) in [4.78, 5) is 34.0. The Balaban J connectivity index is 1.98. The first kappa shape index (κ1) is 20.8. The van der Waals surface area contributed by atoms with Crippen molar-refractivity contribution in [1.82, 2.24) is 19.0 Å². The highest BCUT2D eigenvalue weighted by Crippen LogP contribution is 2.22. The number of fused-ring (bicyclic) bond motifs is 2. The number of halogens is 1. The van der Waals surface area contributed by atoms with Crippen molar-refractivity contribution < 1.29 is 0 Å². The van der Waals surface area contributed by atoms with E-state index in [1.807, 2.05) is 6.07 Å². The number of pyridine rings is 1. The Morgan fingerprint density at radius 2 is 1.87 bits per heavy atom. The lowest BCUT2D eigenvalue weighted by Gasteiger charge is -2.21. The van der Waals surface area contributed by atoms with Crippen molar-refractivity contribution in [2.75, 3.05) is 19.6 Å². The molecule has 2 heterocycles. The fourth-order valence-corrected chi connectivity index (χ4v) is 4.41. The normalized spacial score (nSPS) is 13.7. The second kappa shape index (κ2) is 8.74. The van der Waals surface area contributed by atoms with Crippen LogP contribution in [0.25, 0.3) is 16.7 Å². The van der Waals surface area contributed by atoms with E-state index < -0.39 is 0 Å². The minimum atomic E-state index is -0.370. The van der Waals surface area contributed by atoms with Gasteiger partial charge >= 0.3 is 5.69 Å². The van der Waals surface area contributed by atoms with Crippen LogP contribution in [0.5, 0.6) is 0 Å². The summed E-state index contributed by atoms with van der Waals surface area (Å²) in [5, 5.41) is 0.979. The number of hydrogen-bond donors (Lipinski definition) is 0. The van der Waals surface area contributed by atoms with Gasteiger partial charge in [0.1, 0.15) is 5.65 Å². The van der Waals surface area contributed by atoms with Crippen LogP contribution in [-0.2, 0) is 19.4 Å². The molecule has 6 nitrogen and oxygen atoms in total. The number of aryl methyl sites for hydroxylation is 2. The Bertz CT molecular complexity index is 1190. The summed E-state index contributed by atoms with van der Waals surface area (Å²) in [6.45, 7) is 7.20. The third kappa shape index (κ3) is 3.82. The standard InChI is InChI=1S/C23H27ClN4O2/c1-3-26(4-2)12-13-27-21-19(14-16-8-5-6-11-20(16)25-21)22(29)28(23(27)30)18-10-7-9-17(24)15-18/h7,9-10,14-15H,3-6,8,11-13H2,1-2H3. The molecule has 0 atom stereocenters. The summed E-state index contributed by atoms with van der Waals surface area (Å²) in [7, 11) is 0. The molecule has 0 spiro atoms. The average Bonchev–Trinajstić information content (AvgIpc) is 2.75. The van der Waals surface area contributed by atoms with Crippen LogP contribution in [0.2, 0.25) is 5.02 Å². The van der Waals surface area contributed by atoms with Crippen LogP contribution < -0.4 is 11.2 Å². The van der Waals surface area contributed by atoms with Crippen LogP contribution in [-0.4, -0.2) is 38.7 Å². The SMILES string of the molecule is CCN(CC)CCn1c(=O)n(-c2cccc(Cl)c2)c(=O)c2cc3c(nc21)CCCC3. The molecule has 4 rings (SSSR count). The largest absolute Gasteiger partial charge is 0.337 e. The highest BCUT2D eigenvalue weighted by molar-refractivity contribution is 6.30. The number of likely N-dealkylation sites (N-methyl/N-ethyl adjacent to an activating group) is 1. The number of nitrogens with zero attached hydrogens (tertiary/aromatic N) is 4. The lowest BCUT2D eigenvalue weighted by molar-refractivity contribution is 0.289. The molecular formula is C23H27ClN4O2. The number of benzene rings is 1. The van der Waals surface area contributed by atoms with E-state index in [0.717, 1.165) is 50.0 Å². The van der Waals surface area contributed by atoms with Crippen LogP contribution >= 0.6 is 11.6 Å². The van der Waals surface area contributed by atoms with Gasteiger partial charge in [0.2, 0.25) is 0 Å². The molecule has 0 aliphatic heterocycles. The first-order chi connectivity index (χ1) is 14.5. The molecule has 0 bridgehead atoms. The van der Waals surface area contributed by atoms with Gasteiger partial charge < -0.3 is 4.90 Å². The van der Waals surface area contributed by atoms with Crippen molar-refractivity contribution in [3.05, 3.63) is 67.4 Å². The van der Waals surface area contributed by atoms with Gasteiger partial charge in [-0.25, -0.2) is 14.3 Å².